The molecule has 15 heavy (non-hydrogen) atoms. The summed E-state index contributed by atoms with van der Waals surface area (Å²) in [5, 5.41) is 0. The van der Waals surface area contributed by atoms with Crippen LogP contribution >= 0.6 is 0 Å². The molecular formula is C12H13NO2. The second-order valence-corrected chi connectivity index (χ2v) is 3.65. The number of aryl methyl sites for hydroxylation is 1. The van der Waals surface area contributed by atoms with Crippen LogP contribution in [0.25, 0.3) is 11.1 Å². The summed E-state index contributed by atoms with van der Waals surface area (Å²) in [6.07, 6.45) is 0.821. The number of oxazole rings is 1. The van der Waals surface area contributed by atoms with Gasteiger partial charge in [0, 0.05) is 6.42 Å². The second-order valence-electron chi connectivity index (χ2n) is 3.65. The number of fused-ring (bicyclic) bond motifs is 1. The number of carbonyl (C=O) groups excluding carboxylic acids is 1. The van der Waals surface area contributed by atoms with Gasteiger partial charge >= 0.3 is 0 Å². The van der Waals surface area contributed by atoms with E-state index in [-0.39, 0.29) is 5.78 Å². The molecule has 1 heterocycles. The molecule has 3 nitrogen and oxygen atoms in total. The highest BCUT2D eigenvalue weighted by molar-refractivity contribution is 5.81. The van der Waals surface area contributed by atoms with Crippen LogP contribution in [0.4, 0.5) is 0 Å². The van der Waals surface area contributed by atoms with Crippen LogP contribution in [0.5, 0.6) is 0 Å². The standard InChI is InChI=1S/C12H13NO2/c1-3-9(14)7-12-13-10-5-4-8(2)6-11(10)15-12/h4-6H,3,7H2,1-2H3. The molecule has 0 amide bonds. The van der Waals surface area contributed by atoms with E-state index in [2.05, 4.69) is 4.98 Å². The van der Waals surface area contributed by atoms with E-state index in [0.717, 1.165) is 16.7 Å². The Labute approximate surface area is 88.1 Å². The van der Waals surface area contributed by atoms with E-state index in [0.29, 0.717) is 18.7 Å². The minimum Gasteiger partial charge on any atom is -0.440 e. The van der Waals surface area contributed by atoms with E-state index >= 15 is 0 Å². The van der Waals surface area contributed by atoms with Crippen molar-refractivity contribution in [1.82, 2.24) is 4.98 Å². The summed E-state index contributed by atoms with van der Waals surface area (Å²) in [6.45, 7) is 3.84. The summed E-state index contributed by atoms with van der Waals surface area (Å²) in [6, 6.07) is 5.83. The normalized spacial score (nSPS) is 10.8. The summed E-state index contributed by atoms with van der Waals surface area (Å²) in [5.41, 5.74) is 2.71. The van der Waals surface area contributed by atoms with Gasteiger partial charge in [-0.1, -0.05) is 13.0 Å². The van der Waals surface area contributed by atoms with Crippen molar-refractivity contribution in [3.63, 3.8) is 0 Å². The molecule has 0 unspecified atom stereocenters. The highest BCUT2D eigenvalue weighted by atomic mass is 16.3. The molecule has 0 aliphatic heterocycles. The Bertz CT molecular complexity index is 499. The van der Waals surface area contributed by atoms with Gasteiger partial charge in [-0.05, 0) is 24.6 Å². The molecule has 1 aromatic heterocycles. The maximum Gasteiger partial charge on any atom is 0.202 e. The maximum atomic E-state index is 11.2. The lowest BCUT2D eigenvalue weighted by Gasteiger charge is -1.90. The summed E-state index contributed by atoms with van der Waals surface area (Å²) in [7, 11) is 0. The van der Waals surface area contributed by atoms with Gasteiger partial charge in [0.05, 0.1) is 6.42 Å². The molecule has 0 N–H and O–H groups in total. The molecule has 0 bridgehead atoms. The van der Waals surface area contributed by atoms with Crippen LogP contribution in [-0.4, -0.2) is 10.8 Å². The molecule has 0 saturated heterocycles. The van der Waals surface area contributed by atoms with Gasteiger partial charge in [0.15, 0.2) is 5.58 Å². The molecule has 0 atom stereocenters. The first kappa shape index (κ1) is 9.90. The molecule has 0 fully saturated rings. The van der Waals surface area contributed by atoms with Crippen molar-refractivity contribution in [2.24, 2.45) is 0 Å². The fourth-order valence-electron chi connectivity index (χ4n) is 1.45. The van der Waals surface area contributed by atoms with Gasteiger partial charge in [0.2, 0.25) is 5.89 Å². The van der Waals surface area contributed by atoms with Crippen molar-refractivity contribution in [2.45, 2.75) is 26.7 Å². The predicted molar refractivity (Wildman–Crippen MR) is 57.7 cm³/mol. The van der Waals surface area contributed by atoms with Crippen LogP contribution in [0.1, 0.15) is 24.8 Å². The molecular weight excluding hydrogens is 190 g/mol. The molecule has 0 saturated carbocycles. The number of rotatable bonds is 3. The number of benzene rings is 1. The van der Waals surface area contributed by atoms with Crippen LogP contribution in [-0.2, 0) is 11.2 Å². The van der Waals surface area contributed by atoms with Crippen molar-refractivity contribution >= 4 is 16.9 Å². The zero-order valence-corrected chi connectivity index (χ0v) is 8.91. The van der Waals surface area contributed by atoms with Gasteiger partial charge in [0.25, 0.3) is 0 Å². The number of hydrogen-bond donors (Lipinski definition) is 0. The van der Waals surface area contributed by atoms with Crippen molar-refractivity contribution in [3.8, 4) is 0 Å². The Balaban J connectivity index is 2.34. The number of hydrogen-bond acceptors (Lipinski definition) is 3. The Kier molecular flexibility index (Phi) is 2.54. The summed E-state index contributed by atoms with van der Waals surface area (Å²) in [4.78, 5) is 15.5. The van der Waals surface area contributed by atoms with Crippen LogP contribution in [0.2, 0.25) is 0 Å². The molecule has 0 aliphatic carbocycles. The summed E-state index contributed by atoms with van der Waals surface area (Å²) < 4.78 is 5.49. The highest BCUT2D eigenvalue weighted by Gasteiger charge is 2.08. The molecule has 2 rings (SSSR count). The SMILES string of the molecule is CCC(=O)Cc1nc2ccc(C)cc2o1. The average Bonchev–Trinajstić information content (AvgIpc) is 2.59. The van der Waals surface area contributed by atoms with Crippen molar-refractivity contribution in [3.05, 3.63) is 29.7 Å². The van der Waals surface area contributed by atoms with Crippen LogP contribution in [0.15, 0.2) is 22.6 Å². The number of nitrogens with zero attached hydrogens (tertiary/aromatic N) is 1. The van der Waals surface area contributed by atoms with Gasteiger partial charge in [-0.25, -0.2) is 4.98 Å². The third-order valence-corrected chi connectivity index (χ3v) is 2.33. The fourth-order valence-corrected chi connectivity index (χ4v) is 1.45. The summed E-state index contributed by atoms with van der Waals surface area (Å²) >= 11 is 0. The molecule has 0 radical (unpaired) electrons. The lowest BCUT2D eigenvalue weighted by molar-refractivity contribution is -0.118. The minimum absolute atomic E-state index is 0.151. The van der Waals surface area contributed by atoms with E-state index in [1.54, 1.807) is 0 Å². The third kappa shape index (κ3) is 2.06. The average molecular weight is 203 g/mol. The number of ketones is 1. The minimum atomic E-state index is 0.151. The van der Waals surface area contributed by atoms with Crippen LogP contribution < -0.4 is 0 Å². The molecule has 2 aromatic rings. The van der Waals surface area contributed by atoms with Gasteiger partial charge < -0.3 is 4.42 Å². The Hall–Kier alpha value is -1.64. The van der Waals surface area contributed by atoms with Crippen LogP contribution in [0.3, 0.4) is 0 Å². The Morgan fingerprint density at radius 1 is 1.47 bits per heavy atom. The number of aromatic nitrogens is 1. The first-order valence-corrected chi connectivity index (χ1v) is 5.07. The van der Waals surface area contributed by atoms with Crippen LogP contribution in [0, 0.1) is 6.92 Å². The molecule has 0 aliphatic rings. The predicted octanol–water partition coefficient (Wildman–Crippen LogP) is 2.66. The van der Waals surface area contributed by atoms with Gasteiger partial charge in [0.1, 0.15) is 11.3 Å². The van der Waals surface area contributed by atoms with E-state index in [9.17, 15) is 4.79 Å². The molecule has 1 aromatic carbocycles. The zero-order valence-electron chi connectivity index (χ0n) is 8.91. The number of Topliss-reactive ketones (excluding diaryl/α,β-unsaturated/α-hetero) is 1. The van der Waals surface area contributed by atoms with Gasteiger partial charge in [-0.2, -0.15) is 0 Å². The largest absolute Gasteiger partial charge is 0.440 e. The zero-order chi connectivity index (χ0) is 10.8. The topological polar surface area (TPSA) is 43.1 Å². The van der Waals surface area contributed by atoms with Crippen molar-refractivity contribution in [1.29, 1.82) is 0 Å². The monoisotopic (exact) mass is 203 g/mol. The smallest absolute Gasteiger partial charge is 0.202 e. The summed E-state index contributed by atoms with van der Waals surface area (Å²) in [5.74, 6) is 0.667. The lowest BCUT2D eigenvalue weighted by atomic mass is 10.2. The lowest BCUT2D eigenvalue weighted by Crippen LogP contribution is -1.99. The quantitative estimate of drug-likeness (QED) is 0.770. The van der Waals surface area contributed by atoms with Gasteiger partial charge in [-0.3, -0.25) is 4.79 Å². The first-order valence-electron chi connectivity index (χ1n) is 5.07. The second kappa shape index (κ2) is 3.85. The molecule has 3 heteroatoms. The van der Waals surface area contributed by atoms with E-state index in [1.165, 1.54) is 0 Å². The van der Waals surface area contributed by atoms with E-state index in [4.69, 9.17) is 4.42 Å². The van der Waals surface area contributed by atoms with Gasteiger partial charge in [-0.15, -0.1) is 0 Å². The third-order valence-electron chi connectivity index (χ3n) is 2.33. The Morgan fingerprint density at radius 2 is 2.27 bits per heavy atom. The molecule has 0 spiro atoms. The molecule has 78 valence electrons. The highest BCUT2D eigenvalue weighted by Crippen LogP contribution is 2.17. The van der Waals surface area contributed by atoms with Crippen molar-refractivity contribution in [2.75, 3.05) is 0 Å². The fraction of sp³-hybridized carbons (Fsp3) is 0.333. The number of carbonyl (C=O) groups is 1. The van der Waals surface area contributed by atoms with Crippen molar-refractivity contribution < 1.29 is 9.21 Å². The Morgan fingerprint density at radius 3 is 3.00 bits per heavy atom. The first-order chi connectivity index (χ1) is 7.19. The van der Waals surface area contributed by atoms with E-state index < -0.39 is 0 Å². The maximum absolute atomic E-state index is 11.2. The van der Waals surface area contributed by atoms with E-state index in [1.807, 2.05) is 32.0 Å².